The highest BCUT2D eigenvalue weighted by molar-refractivity contribution is 6.09. The van der Waals surface area contributed by atoms with Gasteiger partial charge in [-0.15, -0.1) is 0 Å². The van der Waals surface area contributed by atoms with Gasteiger partial charge in [0.15, 0.2) is 11.6 Å². The number of allylic oxidation sites excluding steroid dienone is 2. The average Bonchev–Trinajstić information content (AvgIpc) is 2.91. The molecule has 0 fully saturated rings. The molecule has 0 saturated carbocycles. The molecule has 0 amide bonds. The van der Waals surface area contributed by atoms with Crippen molar-refractivity contribution in [2.45, 2.75) is 6.92 Å². The van der Waals surface area contributed by atoms with Gasteiger partial charge < -0.3 is 20.1 Å². The highest BCUT2D eigenvalue weighted by atomic mass is 16.5. The zero-order valence-corrected chi connectivity index (χ0v) is 21.0. The smallest absolute Gasteiger partial charge is 0.189 e. The minimum atomic E-state index is -0.309. The monoisotopic (exact) mass is 508 g/mol. The molecule has 6 nitrogen and oxygen atoms in total. The zero-order chi connectivity index (χ0) is 27.5. The van der Waals surface area contributed by atoms with E-state index in [2.05, 4.69) is 0 Å². The van der Waals surface area contributed by atoms with Gasteiger partial charge in [-0.05, 0) is 72.2 Å². The van der Waals surface area contributed by atoms with Crippen LogP contribution in [-0.4, -0.2) is 34.0 Å². The molecule has 0 aromatic heterocycles. The average molecular weight is 509 g/mol. The van der Waals surface area contributed by atoms with Crippen molar-refractivity contribution >= 4 is 23.7 Å². The van der Waals surface area contributed by atoms with Crippen LogP contribution >= 0.6 is 0 Å². The lowest BCUT2D eigenvalue weighted by Crippen LogP contribution is -1.95. The van der Waals surface area contributed by atoms with Gasteiger partial charge >= 0.3 is 0 Å². The Morgan fingerprint density at radius 2 is 1.18 bits per heavy atom. The van der Waals surface area contributed by atoms with Crippen molar-refractivity contribution in [1.82, 2.24) is 0 Å². The maximum absolute atomic E-state index is 12.0. The summed E-state index contributed by atoms with van der Waals surface area (Å²) in [5.74, 6) is -0.0532. The van der Waals surface area contributed by atoms with Gasteiger partial charge in [0, 0.05) is 6.07 Å². The van der Waals surface area contributed by atoms with E-state index in [1.165, 1.54) is 24.3 Å². The number of phenolic OH excluding ortho intramolecular Hbond substituents is 3. The Kier molecular flexibility index (Phi) is 9.60. The Balaban J connectivity index is 0.000000212. The predicted octanol–water partition coefficient (Wildman–Crippen LogP) is 6.60. The van der Waals surface area contributed by atoms with Crippen molar-refractivity contribution in [3.63, 3.8) is 0 Å². The van der Waals surface area contributed by atoms with Crippen molar-refractivity contribution in [2.75, 3.05) is 7.11 Å². The van der Waals surface area contributed by atoms with Gasteiger partial charge in [0.1, 0.15) is 23.0 Å². The van der Waals surface area contributed by atoms with Crippen LogP contribution in [0.4, 0.5) is 0 Å². The van der Waals surface area contributed by atoms with Crippen LogP contribution in [0.1, 0.15) is 37.4 Å². The normalized spacial score (nSPS) is 10.7. The summed E-state index contributed by atoms with van der Waals surface area (Å²) in [5.41, 5.74) is 3.19. The molecule has 192 valence electrons. The number of aromatic hydroxyl groups is 3. The topological polar surface area (TPSA) is 104 Å². The Bertz CT molecular complexity index is 1450. The molecule has 0 atom stereocenters. The molecule has 0 unspecified atom stereocenters. The molecule has 0 heterocycles. The van der Waals surface area contributed by atoms with Crippen LogP contribution < -0.4 is 4.74 Å². The van der Waals surface area contributed by atoms with E-state index in [1.807, 2.05) is 61.5 Å². The van der Waals surface area contributed by atoms with Gasteiger partial charge in [-0.2, -0.15) is 0 Å². The van der Waals surface area contributed by atoms with Gasteiger partial charge in [0.2, 0.25) is 0 Å². The number of hydrogen-bond donors (Lipinski definition) is 3. The predicted molar refractivity (Wildman–Crippen MR) is 149 cm³/mol. The molecule has 0 bridgehead atoms. The Morgan fingerprint density at radius 1 is 0.658 bits per heavy atom. The third-order valence-corrected chi connectivity index (χ3v) is 5.44. The molecule has 0 saturated heterocycles. The number of ketones is 2. The van der Waals surface area contributed by atoms with E-state index >= 15 is 0 Å². The molecule has 0 spiro atoms. The zero-order valence-electron chi connectivity index (χ0n) is 21.0. The summed E-state index contributed by atoms with van der Waals surface area (Å²) in [4.78, 5) is 23.8. The number of rotatable bonds is 7. The SMILES string of the molecule is COc1ccc(/C=C/C(=O)c2ccc(C)cc2O)cc1.O=C(/C=C/c1ccccc1)c1ccc(O)cc1O. The molecule has 4 rings (SSSR count). The molecule has 0 aliphatic heterocycles. The van der Waals surface area contributed by atoms with E-state index in [0.717, 1.165) is 28.5 Å². The second-order valence-corrected chi connectivity index (χ2v) is 8.30. The van der Waals surface area contributed by atoms with Crippen LogP contribution in [0.5, 0.6) is 23.0 Å². The molecule has 38 heavy (non-hydrogen) atoms. The maximum atomic E-state index is 12.0. The molecule has 0 aliphatic carbocycles. The summed E-state index contributed by atoms with van der Waals surface area (Å²) in [6.45, 7) is 1.86. The summed E-state index contributed by atoms with van der Waals surface area (Å²) < 4.78 is 5.07. The highest BCUT2D eigenvalue weighted by Gasteiger charge is 2.09. The van der Waals surface area contributed by atoms with Crippen LogP contribution in [0.3, 0.4) is 0 Å². The first-order valence-corrected chi connectivity index (χ1v) is 11.7. The molecule has 3 N–H and O–H groups in total. The van der Waals surface area contributed by atoms with E-state index in [-0.39, 0.29) is 34.4 Å². The number of ether oxygens (including phenoxy) is 1. The highest BCUT2D eigenvalue weighted by Crippen LogP contribution is 2.23. The van der Waals surface area contributed by atoms with Gasteiger partial charge in [-0.25, -0.2) is 0 Å². The first-order valence-electron chi connectivity index (χ1n) is 11.7. The first kappa shape index (κ1) is 27.5. The van der Waals surface area contributed by atoms with E-state index in [4.69, 9.17) is 9.84 Å². The van der Waals surface area contributed by atoms with Gasteiger partial charge in [0.25, 0.3) is 0 Å². The fourth-order valence-electron chi connectivity index (χ4n) is 3.38. The fraction of sp³-hybridized carbons (Fsp3) is 0.0625. The second kappa shape index (κ2) is 13.3. The van der Waals surface area contributed by atoms with E-state index in [1.54, 1.807) is 37.5 Å². The molecule has 6 heteroatoms. The molecule has 4 aromatic rings. The summed E-state index contributed by atoms with van der Waals surface area (Å²) in [7, 11) is 1.61. The number of carbonyl (C=O) groups excluding carboxylic acids is 2. The third-order valence-electron chi connectivity index (χ3n) is 5.44. The summed E-state index contributed by atoms with van der Waals surface area (Å²) in [6.07, 6.45) is 6.23. The molecule has 0 radical (unpaired) electrons. The van der Waals surface area contributed by atoms with Crippen molar-refractivity contribution in [2.24, 2.45) is 0 Å². The van der Waals surface area contributed by atoms with Crippen LogP contribution in [0.15, 0.2) is 103 Å². The number of aryl methyl sites for hydroxylation is 1. The van der Waals surface area contributed by atoms with Crippen LogP contribution in [0.2, 0.25) is 0 Å². The van der Waals surface area contributed by atoms with E-state index < -0.39 is 0 Å². The molecular weight excluding hydrogens is 480 g/mol. The fourth-order valence-corrected chi connectivity index (χ4v) is 3.38. The number of methoxy groups -OCH3 is 1. The lowest BCUT2D eigenvalue weighted by atomic mass is 10.1. The van der Waals surface area contributed by atoms with Gasteiger partial charge in [-0.3, -0.25) is 9.59 Å². The lowest BCUT2D eigenvalue weighted by Gasteiger charge is -2.02. The quantitative estimate of drug-likeness (QED) is 0.192. The van der Waals surface area contributed by atoms with Crippen LogP contribution in [0, 0.1) is 6.92 Å². The molecule has 4 aromatic carbocycles. The van der Waals surface area contributed by atoms with E-state index in [9.17, 15) is 19.8 Å². The largest absolute Gasteiger partial charge is 0.508 e. The van der Waals surface area contributed by atoms with Crippen molar-refractivity contribution in [1.29, 1.82) is 0 Å². The molecule has 0 aliphatic rings. The van der Waals surface area contributed by atoms with E-state index in [0.29, 0.717) is 5.56 Å². The summed E-state index contributed by atoms with van der Waals surface area (Å²) in [5, 5.41) is 28.4. The maximum Gasteiger partial charge on any atom is 0.189 e. The first-order chi connectivity index (χ1) is 18.3. The number of hydrogen-bond acceptors (Lipinski definition) is 6. The van der Waals surface area contributed by atoms with Crippen LogP contribution in [0.25, 0.3) is 12.2 Å². The second-order valence-electron chi connectivity index (χ2n) is 8.30. The Hall–Kier alpha value is -5.10. The Morgan fingerprint density at radius 3 is 1.71 bits per heavy atom. The van der Waals surface area contributed by atoms with Crippen molar-refractivity contribution in [3.05, 3.63) is 131 Å². The molecular formula is C32H28O6. The third kappa shape index (κ3) is 7.96. The summed E-state index contributed by atoms with van der Waals surface area (Å²) in [6, 6.07) is 25.7. The summed E-state index contributed by atoms with van der Waals surface area (Å²) >= 11 is 0. The van der Waals surface area contributed by atoms with Gasteiger partial charge in [-0.1, -0.05) is 60.7 Å². The van der Waals surface area contributed by atoms with Crippen molar-refractivity contribution < 1.29 is 29.6 Å². The number of phenols is 3. The standard InChI is InChI=1S/C17H16O3.C15H12O3/c1-12-3-9-15(17(19)11-12)16(18)10-6-13-4-7-14(20-2)8-5-13;16-12-7-8-13(15(18)10-12)14(17)9-6-11-4-2-1-3-5-11/h3-11,19H,1-2H3;1-10,16,18H/b10-6+;9-6+. The number of benzene rings is 4. The van der Waals surface area contributed by atoms with Gasteiger partial charge in [0.05, 0.1) is 18.2 Å². The minimum Gasteiger partial charge on any atom is -0.508 e. The van der Waals surface area contributed by atoms with Crippen molar-refractivity contribution in [3.8, 4) is 23.0 Å². The van der Waals surface area contributed by atoms with Crippen LogP contribution in [-0.2, 0) is 0 Å². The Labute approximate surface area is 221 Å². The minimum absolute atomic E-state index is 0.00869. The number of carbonyl (C=O) groups is 2. The lowest BCUT2D eigenvalue weighted by molar-refractivity contribution is 0.103.